The molecule has 2 aliphatic heterocycles. The second kappa shape index (κ2) is 5.11. The summed E-state index contributed by atoms with van der Waals surface area (Å²) in [6, 6.07) is 0. The molecule has 0 N–H and O–H groups in total. The first-order valence-electron chi connectivity index (χ1n) is 7.83. The van der Waals surface area contributed by atoms with Gasteiger partial charge in [0.25, 0.3) is 0 Å². The molecule has 6 heteroatoms. The first kappa shape index (κ1) is 15.1. The first-order valence-corrected chi connectivity index (χ1v) is 7.83. The van der Waals surface area contributed by atoms with Gasteiger partial charge in [0.15, 0.2) is 0 Å². The maximum absolute atomic E-state index is 6.12. The number of nitrogens with zero attached hydrogens (tertiary/aromatic N) is 2. The van der Waals surface area contributed by atoms with Crippen LogP contribution in [0.1, 0.15) is 58.9 Å². The van der Waals surface area contributed by atoms with Gasteiger partial charge in [-0.15, -0.1) is 0 Å². The normalized spacial score (nSPS) is 28.0. The van der Waals surface area contributed by atoms with Gasteiger partial charge in [0.2, 0.25) is 0 Å². The van der Waals surface area contributed by atoms with Crippen LogP contribution in [-0.4, -0.2) is 34.7 Å². The molecule has 0 bridgehead atoms. The minimum absolute atomic E-state index is 0.0509. The van der Waals surface area contributed by atoms with Gasteiger partial charge in [-0.3, -0.25) is 0 Å². The Morgan fingerprint density at radius 1 is 1.19 bits per heavy atom. The Morgan fingerprint density at radius 2 is 1.86 bits per heavy atom. The summed E-state index contributed by atoms with van der Waals surface area (Å²) in [6.07, 6.45) is 5.26. The average molecular weight is 292 g/mol. The van der Waals surface area contributed by atoms with E-state index < -0.39 is 0 Å². The second-order valence-corrected chi connectivity index (χ2v) is 7.04. The fourth-order valence-corrected chi connectivity index (χ4v) is 2.85. The van der Waals surface area contributed by atoms with E-state index in [1.54, 1.807) is 0 Å². The number of rotatable bonds is 2. The van der Waals surface area contributed by atoms with Crippen LogP contribution in [-0.2, 0) is 14.0 Å². The van der Waals surface area contributed by atoms with Crippen molar-refractivity contribution >= 4 is 12.6 Å². The van der Waals surface area contributed by atoms with Crippen LogP contribution in [0, 0.1) is 6.92 Å². The van der Waals surface area contributed by atoms with Crippen LogP contribution in [0.25, 0.3) is 0 Å². The number of aromatic nitrogens is 2. The van der Waals surface area contributed by atoms with Gasteiger partial charge in [0, 0.05) is 24.0 Å². The molecule has 2 aliphatic rings. The fraction of sp³-hybridized carbons (Fsp3) is 0.800. The third-order valence-electron chi connectivity index (χ3n) is 5.02. The summed E-state index contributed by atoms with van der Waals surface area (Å²) in [4.78, 5) is 0. The van der Waals surface area contributed by atoms with Gasteiger partial charge in [-0.2, -0.15) is 5.10 Å². The predicted molar refractivity (Wildman–Crippen MR) is 81.5 cm³/mol. The second-order valence-electron chi connectivity index (χ2n) is 7.04. The molecular weight excluding hydrogens is 267 g/mol. The summed E-state index contributed by atoms with van der Waals surface area (Å²) in [6.45, 7) is 11.1. The van der Waals surface area contributed by atoms with E-state index in [0.29, 0.717) is 0 Å². The lowest BCUT2D eigenvalue weighted by atomic mass is 9.79. The Kier molecular flexibility index (Phi) is 3.67. The van der Waals surface area contributed by atoms with E-state index in [4.69, 9.17) is 14.0 Å². The standard InChI is InChI=1S/C15H25BN2O3/c1-11-12(16-20-14(2,3)15(4,5)21-16)10-17-18(11)13-8-6-7-9-19-13/h10,13H,6-9H2,1-5H3. The third kappa shape index (κ3) is 2.54. The highest BCUT2D eigenvalue weighted by atomic mass is 16.7. The van der Waals surface area contributed by atoms with Crippen molar-refractivity contribution < 1.29 is 14.0 Å². The molecule has 1 aromatic heterocycles. The molecule has 1 aromatic rings. The zero-order valence-corrected chi connectivity index (χ0v) is 13.7. The van der Waals surface area contributed by atoms with E-state index in [0.717, 1.165) is 30.6 Å². The molecule has 0 aromatic carbocycles. The molecule has 3 heterocycles. The predicted octanol–water partition coefficient (Wildman–Crippen LogP) is 2.19. The monoisotopic (exact) mass is 292 g/mol. The highest BCUT2D eigenvalue weighted by molar-refractivity contribution is 6.62. The number of hydrogen-bond donors (Lipinski definition) is 0. The lowest BCUT2D eigenvalue weighted by Crippen LogP contribution is -2.41. The van der Waals surface area contributed by atoms with E-state index in [2.05, 4.69) is 39.7 Å². The molecule has 21 heavy (non-hydrogen) atoms. The van der Waals surface area contributed by atoms with Gasteiger partial charge in [-0.05, 0) is 53.9 Å². The molecule has 1 atom stereocenters. The molecule has 116 valence electrons. The van der Waals surface area contributed by atoms with Gasteiger partial charge in [0.05, 0.1) is 11.2 Å². The highest BCUT2D eigenvalue weighted by Gasteiger charge is 2.52. The van der Waals surface area contributed by atoms with Crippen LogP contribution in [0.15, 0.2) is 6.20 Å². The van der Waals surface area contributed by atoms with Crippen LogP contribution in [0.5, 0.6) is 0 Å². The Labute approximate surface area is 127 Å². The number of hydrogen-bond acceptors (Lipinski definition) is 4. The Morgan fingerprint density at radius 3 is 2.43 bits per heavy atom. The Bertz CT molecular complexity index is 505. The zero-order valence-electron chi connectivity index (χ0n) is 13.7. The first-order chi connectivity index (χ1) is 9.82. The van der Waals surface area contributed by atoms with Gasteiger partial charge >= 0.3 is 7.12 Å². The largest absolute Gasteiger partial charge is 0.498 e. The number of ether oxygens (including phenoxy) is 1. The molecular formula is C15H25BN2O3. The molecule has 1 unspecified atom stereocenters. The lowest BCUT2D eigenvalue weighted by molar-refractivity contribution is -0.0405. The van der Waals surface area contributed by atoms with Gasteiger partial charge in [-0.1, -0.05) is 0 Å². The summed E-state index contributed by atoms with van der Waals surface area (Å²) in [5.41, 5.74) is 1.42. The van der Waals surface area contributed by atoms with Crippen molar-refractivity contribution in [2.45, 2.75) is 71.3 Å². The molecule has 2 saturated heterocycles. The lowest BCUT2D eigenvalue weighted by Gasteiger charge is -2.32. The van der Waals surface area contributed by atoms with Crippen molar-refractivity contribution in [3.8, 4) is 0 Å². The van der Waals surface area contributed by atoms with Crippen LogP contribution < -0.4 is 5.46 Å². The molecule has 2 fully saturated rings. The summed E-state index contributed by atoms with van der Waals surface area (Å²) in [5.74, 6) is 0. The Balaban J connectivity index is 1.83. The topological polar surface area (TPSA) is 45.5 Å². The molecule has 0 spiro atoms. The van der Waals surface area contributed by atoms with Gasteiger partial charge in [-0.25, -0.2) is 4.68 Å². The molecule has 3 rings (SSSR count). The van der Waals surface area contributed by atoms with Crippen LogP contribution in [0.4, 0.5) is 0 Å². The summed E-state index contributed by atoms with van der Waals surface area (Å²) in [5, 5.41) is 4.51. The van der Waals surface area contributed by atoms with Crippen molar-refractivity contribution in [1.82, 2.24) is 9.78 Å². The Hall–Kier alpha value is -0.845. The zero-order chi connectivity index (χ0) is 15.3. The average Bonchev–Trinajstić information content (AvgIpc) is 2.89. The maximum Gasteiger partial charge on any atom is 0.498 e. The van der Waals surface area contributed by atoms with Crippen molar-refractivity contribution in [3.63, 3.8) is 0 Å². The molecule has 0 amide bonds. The van der Waals surface area contributed by atoms with E-state index in [9.17, 15) is 0 Å². The van der Waals surface area contributed by atoms with Crippen LogP contribution >= 0.6 is 0 Å². The van der Waals surface area contributed by atoms with E-state index >= 15 is 0 Å². The van der Waals surface area contributed by atoms with Crippen molar-refractivity contribution in [2.24, 2.45) is 0 Å². The molecule has 5 nitrogen and oxygen atoms in total. The van der Waals surface area contributed by atoms with Crippen LogP contribution in [0.2, 0.25) is 0 Å². The maximum atomic E-state index is 6.12. The van der Waals surface area contributed by atoms with E-state index in [1.165, 1.54) is 6.42 Å². The summed E-state index contributed by atoms with van der Waals surface area (Å²) in [7, 11) is -0.354. The fourth-order valence-electron chi connectivity index (χ4n) is 2.85. The van der Waals surface area contributed by atoms with E-state index in [-0.39, 0.29) is 24.5 Å². The van der Waals surface area contributed by atoms with E-state index in [1.807, 2.05) is 10.9 Å². The van der Waals surface area contributed by atoms with Crippen LogP contribution in [0.3, 0.4) is 0 Å². The van der Waals surface area contributed by atoms with Crippen molar-refractivity contribution in [3.05, 3.63) is 11.9 Å². The summed E-state index contributed by atoms with van der Waals surface area (Å²) < 4.78 is 20.0. The SMILES string of the molecule is Cc1c(B2OC(C)(C)C(C)(C)O2)cnn1C1CCCCO1. The quantitative estimate of drug-likeness (QED) is 0.784. The minimum Gasteiger partial charge on any atom is -0.399 e. The van der Waals surface area contributed by atoms with Gasteiger partial charge < -0.3 is 14.0 Å². The molecule has 0 saturated carbocycles. The molecule has 0 aliphatic carbocycles. The van der Waals surface area contributed by atoms with Crippen molar-refractivity contribution in [2.75, 3.05) is 6.61 Å². The van der Waals surface area contributed by atoms with Gasteiger partial charge in [0.1, 0.15) is 6.23 Å². The smallest absolute Gasteiger partial charge is 0.399 e. The third-order valence-corrected chi connectivity index (χ3v) is 5.02. The van der Waals surface area contributed by atoms with Crippen molar-refractivity contribution in [1.29, 1.82) is 0 Å². The molecule has 0 radical (unpaired) electrons. The summed E-state index contributed by atoms with van der Waals surface area (Å²) >= 11 is 0. The minimum atomic E-state index is -0.354. The highest BCUT2D eigenvalue weighted by Crippen LogP contribution is 2.36.